The van der Waals surface area contributed by atoms with Crippen molar-refractivity contribution in [2.75, 3.05) is 0 Å². The Bertz CT molecular complexity index is 42.1. The van der Waals surface area contributed by atoms with E-state index in [9.17, 15) is 0 Å². The molecule has 0 aliphatic carbocycles. The van der Waals surface area contributed by atoms with E-state index >= 15 is 0 Å². The molecule has 0 heterocycles. The van der Waals surface area contributed by atoms with E-state index in [4.69, 9.17) is 0 Å². The van der Waals surface area contributed by atoms with Crippen LogP contribution >= 0.6 is 0 Å². The van der Waals surface area contributed by atoms with E-state index in [1.54, 1.807) is 0 Å². The van der Waals surface area contributed by atoms with Gasteiger partial charge in [-0.15, -0.1) is 0 Å². The van der Waals surface area contributed by atoms with Gasteiger partial charge in [0, 0.05) is 0 Å². The van der Waals surface area contributed by atoms with Crippen LogP contribution in [-0.2, 0) is 0 Å². The summed E-state index contributed by atoms with van der Waals surface area (Å²) in [6.07, 6.45) is 2.74. The summed E-state index contributed by atoms with van der Waals surface area (Å²) in [4.78, 5) is 0. The first-order chi connectivity index (χ1) is 3.12. The first-order valence-corrected chi connectivity index (χ1v) is 5.15. The Hall–Kier alpha value is 0.922. The van der Waals surface area contributed by atoms with Crippen LogP contribution < -0.4 is 0 Å². The molecule has 0 saturated carbocycles. The van der Waals surface area contributed by atoms with Crippen LogP contribution in [0.3, 0.4) is 0 Å². The van der Waals surface area contributed by atoms with Crippen LogP contribution in [0.1, 0.15) is 33.6 Å². The third-order valence-electron chi connectivity index (χ3n) is 1.62. The summed E-state index contributed by atoms with van der Waals surface area (Å²) in [7, 11) is 0. The predicted octanol–water partition coefficient (Wildman–Crippen LogP) is 2.15. The van der Waals surface area contributed by atoms with Crippen molar-refractivity contribution < 1.29 is 0 Å². The zero-order valence-electron chi connectivity index (χ0n) is 5.49. The topological polar surface area (TPSA) is 0 Å². The Morgan fingerprint density at radius 2 is 1.57 bits per heavy atom. The predicted molar refractivity (Wildman–Crippen MR) is 34.7 cm³/mol. The van der Waals surface area contributed by atoms with Gasteiger partial charge < -0.3 is 0 Å². The zero-order valence-corrected chi connectivity index (χ0v) is 9.98. The fourth-order valence-corrected chi connectivity index (χ4v) is 0.250. The monoisotopic (exact) mass is 290 g/mol. The van der Waals surface area contributed by atoms with Crippen LogP contribution in [0.5, 0.6) is 0 Å². The van der Waals surface area contributed by atoms with Crippen LogP contribution in [-0.4, -0.2) is 25.8 Å². The molecule has 0 N–H and O–H groups in total. The van der Waals surface area contributed by atoms with Crippen molar-refractivity contribution in [1.29, 1.82) is 0 Å². The number of hydrogen-bond donors (Lipinski definition) is 0. The zero-order chi connectivity index (χ0) is 5.91. The van der Waals surface area contributed by atoms with E-state index in [2.05, 4.69) is 20.8 Å². The van der Waals surface area contributed by atoms with Crippen LogP contribution in [0, 0.1) is 0 Å². The molecule has 0 nitrogen and oxygen atoms in total. The number of hydrogen-bond acceptors (Lipinski definition) is 0. The standard InChI is InChI=1S/C6H13.Tl/c1-4-6(3)5-2;/h4-5H2,1-3H3;. The molecule has 0 radical (unpaired) electrons. The summed E-state index contributed by atoms with van der Waals surface area (Å²) in [6.45, 7) is 6.94. The van der Waals surface area contributed by atoms with Crippen LogP contribution in [0.25, 0.3) is 0 Å². The summed E-state index contributed by atoms with van der Waals surface area (Å²) < 4.78 is 0.750. The van der Waals surface area contributed by atoms with E-state index in [-0.39, 0.29) is 0 Å². The molecule has 0 fully saturated rings. The molecule has 0 aliphatic rings. The minimum absolute atomic E-state index is 0.750. The van der Waals surface area contributed by atoms with Gasteiger partial charge >= 0.3 is 62.4 Å². The van der Waals surface area contributed by atoms with Gasteiger partial charge in [-0.1, -0.05) is 0 Å². The van der Waals surface area contributed by atoms with Crippen molar-refractivity contribution in [2.24, 2.45) is 0 Å². The molecule has 0 aromatic heterocycles. The molecule has 7 heavy (non-hydrogen) atoms. The Kier molecular flexibility index (Phi) is 3.45. The van der Waals surface area contributed by atoms with E-state index < -0.39 is 0 Å². The molecule has 0 atom stereocenters. The molecular weight excluding hydrogens is 276 g/mol. The molecule has 40 valence electrons. The van der Waals surface area contributed by atoms with Crippen LogP contribution in [0.15, 0.2) is 0 Å². The van der Waals surface area contributed by atoms with Gasteiger partial charge in [-0.2, -0.15) is 0 Å². The summed E-state index contributed by atoms with van der Waals surface area (Å²) in [6, 6.07) is 0. The maximum absolute atomic E-state index is 2.37. The summed E-state index contributed by atoms with van der Waals surface area (Å²) in [5.74, 6) is 0. The molecule has 0 aromatic rings. The van der Waals surface area contributed by atoms with Crippen molar-refractivity contribution in [3.8, 4) is 0 Å². The second-order valence-electron chi connectivity index (χ2n) is 2.36. The normalized spacial score (nSPS) is 11.7. The Morgan fingerprint density at radius 1 is 1.29 bits per heavy atom. The SMILES string of the molecule is CC[C](C)([Tl])CC. The molecule has 0 rings (SSSR count). The third kappa shape index (κ3) is 3.50. The van der Waals surface area contributed by atoms with Gasteiger partial charge in [-0.05, 0) is 0 Å². The molecule has 0 spiro atoms. The second kappa shape index (κ2) is 3.05. The molecular formula is C6H13Tl. The summed E-state index contributed by atoms with van der Waals surface area (Å²) >= 11 is 1.16. The second-order valence-corrected chi connectivity index (χ2v) is 7.78. The summed E-state index contributed by atoms with van der Waals surface area (Å²) in [5.41, 5.74) is 0. The third-order valence-corrected chi connectivity index (χ3v) is 4.79. The quantitative estimate of drug-likeness (QED) is 0.684. The van der Waals surface area contributed by atoms with Crippen molar-refractivity contribution in [2.45, 2.75) is 36.6 Å². The first-order valence-electron chi connectivity index (χ1n) is 2.91. The van der Waals surface area contributed by atoms with Crippen molar-refractivity contribution in [3.05, 3.63) is 0 Å². The fraction of sp³-hybridized carbons (Fsp3) is 1.00. The summed E-state index contributed by atoms with van der Waals surface area (Å²) in [5, 5.41) is 0. The van der Waals surface area contributed by atoms with Gasteiger partial charge in [0.05, 0.1) is 0 Å². The van der Waals surface area contributed by atoms with Gasteiger partial charge in [-0.25, -0.2) is 0 Å². The van der Waals surface area contributed by atoms with Gasteiger partial charge in [0.15, 0.2) is 0 Å². The number of rotatable bonds is 2. The van der Waals surface area contributed by atoms with Crippen LogP contribution in [0.2, 0.25) is 2.97 Å². The van der Waals surface area contributed by atoms with Crippen molar-refractivity contribution in [3.63, 3.8) is 0 Å². The Balaban J connectivity index is 3.36. The van der Waals surface area contributed by atoms with Gasteiger partial charge in [0.1, 0.15) is 0 Å². The van der Waals surface area contributed by atoms with Gasteiger partial charge in [-0.3, -0.25) is 0 Å². The molecule has 0 amide bonds. The van der Waals surface area contributed by atoms with E-state index in [1.165, 1.54) is 12.8 Å². The molecule has 0 unspecified atom stereocenters. The van der Waals surface area contributed by atoms with Crippen LogP contribution in [0.4, 0.5) is 0 Å². The van der Waals surface area contributed by atoms with Crippen molar-refractivity contribution in [1.82, 2.24) is 0 Å². The van der Waals surface area contributed by atoms with Gasteiger partial charge in [0.2, 0.25) is 0 Å². The van der Waals surface area contributed by atoms with E-state index in [0.29, 0.717) is 0 Å². The van der Waals surface area contributed by atoms with E-state index in [0.717, 1.165) is 28.7 Å². The average Bonchev–Trinajstić information content (AvgIpc) is 1.68. The molecule has 0 aromatic carbocycles. The van der Waals surface area contributed by atoms with E-state index in [1.807, 2.05) is 0 Å². The maximum atomic E-state index is 2.37. The molecule has 1 heteroatoms. The first kappa shape index (κ1) is 7.92. The Labute approximate surface area is 62.4 Å². The Morgan fingerprint density at radius 3 is 1.57 bits per heavy atom. The fourth-order valence-electron chi connectivity index (χ4n) is 0.250. The molecule has 0 aliphatic heterocycles. The average molecular weight is 290 g/mol. The molecule has 0 bridgehead atoms. The van der Waals surface area contributed by atoms with Gasteiger partial charge in [0.25, 0.3) is 0 Å². The van der Waals surface area contributed by atoms with Crippen molar-refractivity contribution >= 4 is 25.8 Å². The molecule has 0 saturated heterocycles. The minimum atomic E-state index is 0.750.